The van der Waals surface area contributed by atoms with E-state index in [1.807, 2.05) is 25.3 Å². The van der Waals surface area contributed by atoms with E-state index in [1.54, 1.807) is 18.2 Å². The van der Waals surface area contributed by atoms with Gasteiger partial charge in [-0.05, 0) is 58.1 Å². The molecule has 150 valence electrons. The molecular weight excluding hydrogens is 359 g/mol. The zero-order valence-corrected chi connectivity index (χ0v) is 16.6. The molecule has 0 saturated heterocycles. The lowest BCUT2D eigenvalue weighted by atomic mass is 10.1. The van der Waals surface area contributed by atoms with Crippen LogP contribution in [0.25, 0.3) is 0 Å². The molecule has 0 aliphatic carbocycles. The van der Waals surface area contributed by atoms with Crippen LogP contribution in [0.15, 0.2) is 24.3 Å². The van der Waals surface area contributed by atoms with Gasteiger partial charge in [-0.3, -0.25) is 9.59 Å². The van der Waals surface area contributed by atoms with Gasteiger partial charge in [-0.25, -0.2) is 9.37 Å². The van der Waals surface area contributed by atoms with Crippen molar-refractivity contribution in [2.45, 2.75) is 58.5 Å². The van der Waals surface area contributed by atoms with Crippen LogP contribution in [0.4, 0.5) is 4.39 Å². The Kier molecular flexibility index (Phi) is 5.82. The van der Waals surface area contributed by atoms with E-state index in [2.05, 4.69) is 15.6 Å². The van der Waals surface area contributed by atoms with Crippen LogP contribution in [-0.2, 0) is 19.4 Å². The molecule has 1 aromatic carbocycles. The fourth-order valence-electron chi connectivity index (χ4n) is 3.39. The van der Waals surface area contributed by atoms with Gasteiger partial charge in [-0.15, -0.1) is 0 Å². The smallest absolute Gasteiger partial charge is 0.287 e. The summed E-state index contributed by atoms with van der Waals surface area (Å²) in [6, 6.07) is 6.51. The summed E-state index contributed by atoms with van der Waals surface area (Å²) in [4.78, 5) is 29.7. The summed E-state index contributed by atoms with van der Waals surface area (Å²) >= 11 is 0. The summed E-state index contributed by atoms with van der Waals surface area (Å²) in [6.45, 7) is 6.68. The second-order valence-electron chi connectivity index (χ2n) is 8.14. The van der Waals surface area contributed by atoms with Crippen LogP contribution in [0, 0.1) is 5.82 Å². The third kappa shape index (κ3) is 4.58. The number of aromatic nitrogens is 2. The number of amides is 2. The molecule has 28 heavy (non-hydrogen) atoms. The predicted molar refractivity (Wildman–Crippen MR) is 105 cm³/mol. The molecule has 2 N–H and O–H groups in total. The van der Waals surface area contributed by atoms with Crippen molar-refractivity contribution in [2.24, 2.45) is 0 Å². The molecule has 3 rings (SSSR count). The van der Waals surface area contributed by atoms with Crippen molar-refractivity contribution in [2.75, 3.05) is 6.54 Å². The quantitative estimate of drug-likeness (QED) is 0.830. The van der Waals surface area contributed by atoms with Gasteiger partial charge in [-0.1, -0.05) is 18.2 Å². The first kappa shape index (κ1) is 20.0. The zero-order chi connectivity index (χ0) is 20.3. The molecule has 2 amide bonds. The largest absolute Gasteiger partial charge is 0.349 e. The Hall–Kier alpha value is -2.70. The highest BCUT2D eigenvalue weighted by Crippen LogP contribution is 2.21. The topological polar surface area (TPSA) is 76.0 Å². The molecule has 0 spiro atoms. The van der Waals surface area contributed by atoms with Crippen LogP contribution in [0.2, 0.25) is 0 Å². The monoisotopic (exact) mass is 386 g/mol. The van der Waals surface area contributed by atoms with Crippen LogP contribution in [-0.4, -0.2) is 33.4 Å². The summed E-state index contributed by atoms with van der Waals surface area (Å²) in [5.41, 5.74) is 1.31. The molecule has 0 radical (unpaired) electrons. The van der Waals surface area contributed by atoms with Crippen molar-refractivity contribution in [3.63, 3.8) is 0 Å². The normalized spacial score (nSPS) is 13.7. The van der Waals surface area contributed by atoms with Crippen LogP contribution in [0.3, 0.4) is 0 Å². The first-order valence-corrected chi connectivity index (χ1v) is 9.70. The first-order chi connectivity index (χ1) is 13.3. The van der Waals surface area contributed by atoms with Crippen molar-refractivity contribution in [1.29, 1.82) is 0 Å². The maximum absolute atomic E-state index is 13.7. The molecule has 7 heteroatoms. The van der Waals surface area contributed by atoms with Crippen LogP contribution in [0.5, 0.6) is 0 Å². The highest BCUT2D eigenvalue weighted by atomic mass is 19.1. The van der Waals surface area contributed by atoms with E-state index in [0.717, 1.165) is 25.0 Å². The molecule has 2 heterocycles. The molecule has 0 fully saturated rings. The van der Waals surface area contributed by atoms with Crippen molar-refractivity contribution >= 4 is 11.8 Å². The van der Waals surface area contributed by atoms with E-state index in [-0.39, 0.29) is 29.0 Å². The van der Waals surface area contributed by atoms with Gasteiger partial charge in [0.1, 0.15) is 11.5 Å². The third-order valence-corrected chi connectivity index (χ3v) is 4.66. The van der Waals surface area contributed by atoms with Crippen LogP contribution >= 0.6 is 0 Å². The summed E-state index contributed by atoms with van der Waals surface area (Å²) in [5, 5.41) is 5.73. The minimum absolute atomic E-state index is 0.252. The first-order valence-electron chi connectivity index (χ1n) is 9.70. The second-order valence-corrected chi connectivity index (χ2v) is 8.14. The van der Waals surface area contributed by atoms with E-state index >= 15 is 0 Å². The minimum atomic E-state index is -0.384. The van der Waals surface area contributed by atoms with Crippen molar-refractivity contribution in [3.05, 3.63) is 52.9 Å². The number of carbonyl (C=O) groups excluding carboxylic acids is 2. The van der Waals surface area contributed by atoms with Gasteiger partial charge in [0.15, 0.2) is 5.82 Å². The SMILES string of the molecule is CC(C)(C)NC(=O)c1nc(C(=O)NCCc2ccccc2F)n2c1CCCC2. The number of imidazole rings is 1. The second kappa shape index (κ2) is 8.12. The van der Waals surface area contributed by atoms with Crippen LogP contribution < -0.4 is 10.6 Å². The Bertz CT molecular complexity index is 883. The van der Waals surface area contributed by atoms with Crippen molar-refractivity contribution in [1.82, 2.24) is 20.2 Å². The lowest BCUT2D eigenvalue weighted by molar-refractivity contribution is 0.0913. The van der Waals surface area contributed by atoms with Gasteiger partial charge in [0.25, 0.3) is 11.8 Å². The fourth-order valence-corrected chi connectivity index (χ4v) is 3.39. The summed E-state index contributed by atoms with van der Waals surface area (Å²) in [6.07, 6.45) is 3.03. The fraction of sp³-hybridized carbons (Fsp3) is 0.476. The molecule has 2 aromatic rings. The van der Waals surface area contributed by atoms with Crippen molar-refractivity contribution < 1.29 is 14.0 Å². The number of nitrogens with zero attached hydrogens (tertiary/aromatic N) is 2. The Balaban J connectivity index is 1.75. The van der Waals surface area contributed by atoms with Crippen LogP contribution in [0.1, 0.15) is 66.0 Å². The summed E-state index contributed by atoms with van der Waals surface area (Å²) < 4.78 is 15.6. The molecule has 0 bridgehead atoms. The molecule has 6 nitrogen and oxygen atoms in total. The molecular formula is C21H27FN4O2. The van der Waals surface area contributed by atoms with Crippen molar-refractivity contribution in [3.8, 4) is 0 Å². The zero-order valence-electron chi connectivity index (χ0n) is 16.6. The van der Waals surface area contributed by atoms with E-state index in [9.17, 15) is 14.0 Å². The number of rotatable bonds is 5. The number of carbonyl (C=O) groups is 2. The lowest BCUT2D eigenvalue weighted by Gasteiger charge is -2.21. The summed E-state index contributed by atoms with van der Waals surface area (Å²) in [5.74, 6) is -0.628. The highest BCUT2D eigenvalue weighted by Gasteiger charge is 2.28. The van der Waals surface area contributed by atoms with Gasteiger partial charge in [-0.2, -0.15) is 0 Å². The number of hydrogen-bond acceptors (Lipinski definition) is 3. The molecule has 0 saturated carbocycles. The predicted octanol–water partition coefficient (Wildman–Crippen LogP) is 2.86. The number of hydrogen-bond donors (Lipinski definition) is 2. The molecule has 1 aromatic heterocycles. The average Bonchev–Trinajstić information content (AvgIpc) is 3.02. The third-order valence-electron chi connectivity index (χ3n) is 4.66. The standard InChI is InChI=1S/C21H27FN4O2/c1-21(2,3)25-19(27)17-16-10-6-7-13-26(16)18(24-17)20(28)23-12-11-14-8-4-5-9-15(14)22/h4-5,8-9H,6-7,10-13H2,1-3H3,(H,23,28)(H,25,27). The van der Waals surface area contributed by atoms with Gasteiger partial charge in [0.2, 0.25) is 0 Å². The Morgan fingerprint density at radius 3 is 2.64 bits per heavy atom. The minimum Gasteiger partial charge on any atom is -0.349 e. The van der Waals surface area contributed by atoms with Gasteiger partial charge >= 0.3 is 0 Å². The number of fused-ring (bicyclic) bond motifs is 1. The number of nitrogens with one attached hydrogen (secondary N) is 2. The van der Waals surface area contributed by atoms with Gasteiger partial charge in [0.05, 0.1) is 5.69 Å². The number of halogens is 1. The molecule has 1 aliphatic heterocycles. The van der Waals surface area contributed by atoms with Gasteiger partial charge in [0, 0.05) is 18.6 Å². The lowest BCUT2D eigenvalue weighted by Crippen LogP contribution is -2.41. The van der Waals surface area contributed by atoms with E-state index in [0.29, 0.717) is 30.8 Å². The Morgan fingerprint density at radius 2 is 1.93 bits per heavy atom. The Morgan fingerprint density at radius 1 is 1.18 bits per heavy atom. The number of benzene rings is 1. The van der Waals surface area contributed by atoms with Gasteiger partial charge < -0.3 is 15.2 Å². The maximum Gasteiger partial charge on any atom is 0.287 e. The average molecular weight is 386 g/mol. The van der Waals surface area contributed by atoms with E-state index < -0.39 is 0 Å². The molecule has 1 aliphatic rings. The maximum atomic E-state index is 13.7. The highest BCUT2D eigenvalue weighted by molar-refractivity contribution is 5.97. The molecule has 0 unspecified atom stereocenters. The Labute approximate surface area is 164 Å². The van der Waals surface area contributed by atoms with E-state index in [1.165, 1.54) is 6.07 Å². The molecule has 0 atom stereocenters. The van der Waals surface area contributed by atoms with E-state index in [4.69, 9.17) is 0 Å². The summed E-state index contributed by atoms with van der Waals surface area (Å²) in [7, 11) is 0.